The molecule has 154 valence electrons. The van der Waals surface area contributed by atoms with E-state index < -0.39 is 0 Å². The molecule has 29 heavy (non-hydrogen) atoms. The molecule has 1 heterocycles. The van der Waals surface area contributed by atoms with Gasteiger partial charge in [0.2, 0.25) is 11.8 Å². The first-order valence-electron chi connectivity index (χ1n) is 9.60. The fourth-order valence-corrected chi connectivity index (χ4v) is 3.18. The first kappa shape index (κ1) is 21.0. The summed E-state index contributed by atoms with van der Waals surface area (Å²) < 4.78 is 18.9. The number of morpholine rings is 1. The summed E-state index contributed by atoms with van der Waals surface area (Å²) in [6.45, 7) is 3.83. The standard InChI is InChI=1S/C22H26FN3O3/c1-16-3-9-19(10-4-16)24-21(27)14-25(2)22(28)15-26-11-12-29-20(13-26)17-5-7-18(23)8-6-17/h3-10,20H,11-15H2,1-2H3,(H,24,27). The van der Waals surface area contributed by atoms with Gasteiger partial charge >= 0.3 is 0 Å². The molecule has 0 aromatic heterocycles. The molecule has 1 aliphatic heterocycles. The monoisotopic (exact) mass is 399 g/mol. The van der Waals surface area contributed by atoms with Crippen molar-refractivity contribution in [3.8, 4) is 0 Å². The highest BCUT2D eigenvalue weighted by Gasteiger charge is 2.25. The highest BCUT2D eigenvalue weighted by Crippen LogP contribution is 2.22. The van der Waals surface area contributed by atoms with E-state index in [1.54, 1.807) is 19.2 Å². The van der Waals surface area contributed by atoms with Gasteiger partial charge in [0.15, 0.2) is 0 Å². The minimum Gasteiger partial charge on any atom is -0.371 e. The number of carbonyl (C=O) groups is 2. The van der Waals surface area contributed by atoms with Gasteiger partial charge in [-0.05, 0) is 36.8 Å². The molecule has 6 nitrogen and oxygen atoms in total. The first-order chi connectivity index (χ1) is 13.9. The molecule has 0 aliphatic carbocycles. The topological polar surface area (TPSA) is 61.9 Å². The van der Waals surface area contributed by atoms with E-state index in [9.17, 15) is 14.0 Å². The lowest BCUT2D eigenvalue weighted by Gasteiger charge is -2.33. The Morgan fingerprint density at radius 1 is 1.17 bits per heavy atom. The normalized spacial score (nSPS) is 17.0. The Hall–Kier alpha value is -2.77. The number of nitrogens with one attached hydrogen (secondary N) is 1. The van der Waals surface area contributed by atoms with E-state index in [-0.39, 0.29) is 36.8 Å². The van der Waals surface area contributed by atoms with Gasteiger partial charge < -0.3 is 15.0 Å². The van der Waals surface area contributed by atoms with Crippen molar-refractivity contribution in [3.63, 3.8) is 0 Å². The average Bonchev–Trinajstić information content (AvgIpc) is 2.70. The lowest BCUT2D eigenvalue weighted by atomic mass is 10.1. The summed E-state index contributed by atoms with van der Waals surface area (Å²) >= 11 is 0. The molecule has 0 saturated carbocycles. The van der Waals surface area contributed by atoms with Gasteiger partial charge in [-0.2, -0.15) is 0 Å². The van der Waals surface area contributed by atoms with Crippen LogP contribution in [0.4, 0.5) is 10.1 Å². The zero-order valence-electron chi connectivity index (χ0n) is 16.7. The number of ether oxygens (including phenoxy) is 1. The van der Waals surface area contributed by atoms with E-state index >= 15 is 0 Å². The summed E-state index contributed by atoms with van der Waals surface area (Å²) in [5.41, 5.74) is 2.70. The number of halogens is 1. The van der Waals surface area contributed by atoms with Gasteiger partial charge in [-0.3, -0.25) is 14.5 Å². The van der Waals surface area contributed by atoms with Crippen LogP contribution in [0.3, 0.4) is 0 Å². The van der Waals surface area contributed by atoms with Gasteiger partial charge in [0.05, 0.1) is 25.8 Å². The third kappa shape index (κ3) is 6.10. The summed E-state index contributed by atoms with van der Waals surface area (Å²) in [7, 11) is 1.62. The highest BCUT2D eigenvalue weighted by atomic mass is 19.1. The van der Waals surface area contributed by atoms with E-state index in [0.29, 0.717) is 25.4 Å². The molecule has 1 aliphatic rings. The zero-order chi connectivity index (χ0) is 20.8. The number of benzene rings is 2. The molecule has 2 aromatic carbocycles. The maximum Gasteiger partial charge on any atom is 0.243 e. The van der Waals surface area contributed by atoms with Crippen molar-refractivity contribution in [3.05, 3.63) is 65.5 Å². The highest BCUT2D eigenvalue weighted by molar-refractivity contribution is 5.94. The van der Waals surface area contributed by atoms with E-state index in [4.69, 9.17) is 4.74 Å². The molecular formula is C22H26FN3O3. The number of aryl methyl sites for hydroxylation is 1. The summed E-state index contributed by atoms with van der Waals surface area (Å²) in [5.74, 6) is -0.665. The second-order valence-corrected chi connectivity index (χ2v) is 7.31. The number of rotatable bonds is 6. The summed E-state index contributed by atoms with van der Waals surface area (Å²) in [6, 6.07) is 13.7. The van der Waals surface area contributed by atoms with E-state index in [1.165, 1.54) is 17.0 Å². The molecule has 3 rings (SSSR count). The summed E-state index contributed by atoms with van der Waals surface area (Å²) in [5, 5.41) is 2.79. The van der Waals surface area contributed by atoms with Crippen LogP contribution in [0.5, 0.6) is 0 Å². The SMILES string of the molecule is Cc1ccc(NC(=O)CN(C)C(=O)CN2CCOC(c3ccc(F)cc3)C2)cc1. The maximum atomic E-state index is 13.1. The van der Waals surface area contributed by atoms with Crippen LogP contribution in [0.2, 0.25) is 0 Å². The molecule has 2 amide bonds. The Labute approximate surface area is 170 Å². The smallest absolute Gasteiger partial charge is 0.243 e. The molecule has 1 atom stereocenters. The molecule has 0 radical (unpaired) electrons. The van der Waals surface area contributed by atoms with E-state index in [2.05, 4.69) is 5.32 Å². The molecule has 2 aromatic rings. The van der Waals surface area contributed by atoms with Crippen molar-refractivity contribution in [2.75, 3.05) is 45.2 Å². The fraction of sp³-hybridized carbons (Fsp3) is 0.364. The summed E-state index contributed by atoms with van der Waals surface area (Å²) in [6.07, 6.45) is -0.202. The Balaban J connectivity index is 1.48. The van der Waals surface area contributed by atoms with Gasteiger partial charge in [-0.1, -0.05) is 29.8 Å². The van der Waals surface area contributed by atoms with Gasteiger partial charge in [0.25, 0.3) is 0 Å². The minimum atomic E-state index is -0.290. The van der Waals surface area contributed by atoms with Crippen molar-refractivity contribution in [2.24, 2.45) is 0 Å². The first-order valence-corrected chi connectivity index (χ1v) is 9.60. The van der Waals surface area contributed by atoms with Crippen molar-refractivity contribution in [1.29, 1.82) is 0 Å². The lowest BCUT2D eigenvalue weighted by Crippen LogP contribution is -2.46. The Kier molecular flexibility index (Phi) is 6.95. The molecule has 1 unspecified atom stereocenters. The van der Waals surface area contributed by atoms with Crippen molar-refractivity contribution >= 4 is 17.5 Å². The summed E-state index contributed by atoms with van der Waals surface area (Å²) in [4.78, 5) is 28.2. The Bertz CT molecular complexity index is 839. The van der Waals surface area contributed by atoms with E-state index in [0.717, 1.165) is 11.1 Å². The second-order valence-electron chi connectivity index (χ2n) is 7.31. The van der Waals surface area contributed by atoms with Crippen LogP contribution in [0.1, 0.15) is 17.2 Å². The quantitative estimate of drug-likeness (QED) is 0.811. The molecule has 7 heteroatoms. The average molecular weight is 399 g/mol. The van der Waals surface area contributed by atoms with Crippen LogP contribution >= 0.6 is 0 Å². The Morgan fingerprint density at radius 2 is 1.86 bits per heavy atom. The van der Waals surface area contributed by atoms with Crippen LogP contribution in [0.15, 0.2) is 48.5 Å². The van der Waals surface area contributed by atoms with Gasteiger partial charge in [-0.25, -0.2) is 4.39 Å². The van der Waals surface area contributed by atoms with Crippen LogP contribution in [0, 0.1) is 12.7 Å². The van der Waals surface area contributed by atoms with Crippen LogP contribution < -0.4 is 5.32 Å². The van der Waals surface area contributed by atoms with Crippen LogP contribution in [-0.4, -0.2) is 61.4 Å². The number of hydrogen-bond acceptors (Lipinski definition) is 4. The number of amides is 2. The predicted octanol–water partition coefficient (Wildman–Crippen LogP) is 2.60. The number of likely N-dealkylation sites (N-methyl/N-ethyl adjacent to an activating group) is 1. The molecule has 0 bridgehead atoms. The number of carbonyl (C=O) groups excluding carboxylic acids is 2. The zero-order valence-corrected chi connectivity index (χ0v) is 16.7. The van der Waals surface area contributed by atoms with Gasteiger partial charge in [-0.15, -0.1) is 0 Å². The minimum absolute atomic E-state index is 0.0154. The second kappa shape index (κ2) is 9.62. The largest absolute Gasteiger partial charge is 0.371 e. The molecule has 0 spiro atoms. The predicted molar refractivity (Wildman–Crippen MR) is 109 cm³/mol. The van der Waals surface area contributed by atoms with Gasteiger partial charge in [0.1, 0.15) is 5.82 Å². The lowest BCUT2D eigenvalue weighted by molar-refractivity contribution is -0.136. The molecule has 1 saturated heterocycles. The van der Waals surface area contributed by atoms with Crippen molar-refractivity contribution in [2.45, 2.75) is 13.0 Å². The van der Waals surface area contributed by atoms with Crippen LogP contribution in [-0.2, 0) is 14.3 Å². The Morgan fingerprint density at radius 3 is 2.55 bits per heavy atom. The van der Waals surface area contributed by atoms with Gasteiger partial charge in [0, 0.05) is 25.8 Å². The fourth-order valence-electron chi connectivity index (χ4n) is 3.18. The van der Waals surface area contributed by atoms with Crippen LogP contribution in [0.25, 0.3) is 0 Å². The molecule has 1 N–H and O–H groups in total. The van der Waals surface area contributed by atoms with Crippen molar-refractivity contribution < 1.29 is 18.7 Å². The number of hydrogen-bond donors (Lipinski definition) is 1. The third-order valence-electron chi connectivity index (χ3n) is 4.89. The molecular weight excluding hydrogens is 373 g/mol. The number of nitrogens with zero attached hydrogens (tertiary/aromatic N) is 2. The van der Waals surface area contributed by atoms with E-state index in [1.807, 2.05) is 36.1 Å². The van der Waals surface area contributed by atoms with Crippen molar-refractivity contribution in [1.82, 2.24) is 9.80 Å². The maximum absolute atomic E-state index is 13.1. The molecule has 1 fully saturated rings. The third-order valence-corrected chi connectivity index (χ3v) is 4.89. The number of anilines is 1.